The molecular weight excluding hydrogens is 355 g/mol. The van der Waals surface area contributed by atoms with Crippen molar-refractivity contribution < 1.29 is 13.2 Å². The second kappa shape index (κ2) is 6.35. The Bertz CT molecular complexity index is 863. The lowest BCUT2D eigenvalue weighted by molar-refractivity contribution is -0.141. The highest BCUT2D eigenvalue weighted by Gasteiger charge is 2.43. The van der Waals surface area contributed by atoms with E-state index in [0.717, 1.165) is 11.1 Å². The fourth-order valence-corrected chi connectivity index (χ4v) is 4.24. The number of hydrogen-bond acceptors (Lipinski definition) is 4. The number of nitrogens with one attached hydrogen (secondary N) is 1. The van der Waals surface area contributed by atoms with Crippen molar-refractivity contribution in [3.05, 3.63) is 35.8 Å². The highest BCUT2D eigenvalue weighted by Crippen LogP contribution is 2.50. The molecule has 0 atom stereocenters. The number of nitrogens with zero attached hydrogens (tertiary/aromatic N) is 4. The van der Waals surface area contributed by atoms with Crippen molar-refractivity contribution in [1.82, 2.24) is 19.7 Å². The van der Waals surface area contributed by atoms with Gasteiger partial charge in [-0.05, 0) is 35.3 Å². The summed E-state index contributed by atoms with van der Waals surface area (Å²) in [6.45, 7) is 8.26. The van der Waals surface area contributed by atoms with Crippen LogP contribution in [0.1, 0.15) is 51.8 Å². The Morgan fingerprint density at radius 2 is 1.74 bits per heavy atom. The van der Waals surface area contributed by atoms with Crippen LogP contribution in [0.25, 0.3) is 11.5 Å². The summed E-state index contributed by atoms with van der Waals surface area (Å²) in [7, 11) is 1.58. The third-order valence-electron chi connectivity index (χ3n) is 4.62. The lowest BCUT2D eigenvalue weighted by Gasteiger charge is -2.39. The van der Waals surface area contributed by atoms with Gasteiger partial charge in [-0.3, -0.25) is 0 Å². The monoisotopic (exact) mass is 379 g/mol. The molecular formula is C19H24F3N5. The van der Waals surface area contributed by atoms with Crippen LogP contribution in [0.4, 0.5) is 19.0 Å². The largest absolute Gasteiger partial charge is 0.435 e. The zero-order valence-corrected chi connectivity index (χ0v) is 16.1. The predicted molar refractivity (Wildman–Crippen MR) is 98.5 cm³/mol. The van der Waals surface area contributed by atoms with E-state index in [0.29, 0.717) is 12.0 Å². The van der Waals surface area contributed by atoms with E-state index in [1.54, 1.807) is 13.1 Å². The van der Waals surface area contributed by atoms with Gasteiger partial charge in [-0.2, -0.15) is 23.0 Å². The van der Waals surface area contributed by atoms with Crippen molar-refractivity contribution in [2.45, 2.75) is 46.7 Å². The summed E-state index contributed by atoms with van der Waals surface area (Å²) < 4.78 is 42.7. The molecule has 0 saturated carbocycles. The quantitative estimate of drug-likeness (QED) is 0.820. The topological polar surface area (TPSA) is 55.6 Å². The van der Waals surface area contributed by atoms with Gasteiger partial charge in [0.15, 0.2) is 5.69 Å². The van der Waals surface area contributed by atoms with E-state index in [4.69, 9.17) is 0 Å². The van der Waals surface area contributed by atoms with Crippen molar-refractivity contribution in [2.75, 3.05) is 12.4 Å². The Morgan fingerprint density at radius 1 is 1.11 bits per heavy atom. The molecule has 3 rings (SSSR count). The molecule has 5 nitrogen and oxygen atoms in total. The average Bonchev–Trinajstić information content (AvgIpc) is 2.92. The van der Waals surface area contributed by atoms with Crippen molar-refractivity contribution in [3.63, 3.8) is 0 Å². The highest BCUT2D eigenvalue weighted by atomic mass is 19.4. The predicted octanol–water partition coefficient (Wildman–Crippen LogP) is 4.95. The molecule has 0 radical (unpaired) electrons. The van der Waals surface area contributed by atoms with Gasteiger partial charge in [0.25, 0.3) is 5.95 Å². The van der Waals surface area contributed by atoms with E-state index in [1.807, 2.05) is 19.9 Å². The van der Waals surface area contributed by atoms with Crippen LogP contribution < -0.4 is 5.32 Å². The van der Waals surface area contributed by atoms with E-state index in [1.165, 1.54) is 12.4 Å². The van der Waals surface area contributed by atoms with Gasteiger partial charge in [0.2, 0.25) is 0 Å². The number of aromatic nitrogens is 4. The summed E-state index contributed by atoms with van der Waals surface area (Å²) in [5, 5.41) is 6.74. The van der Waals surface area contributed by atoms with Gasteiger partial charge in [-0.25, -0.2) is 9.97 Å². The zero-order valence-electron chi connectivity index (χ0n) is 16.1. The summed E-state index contributed by atoms with van der Waals surface area (Å²) in [5.74, 6) is 0.335. The van der Waals surface area contributed by atoms with Crippen molar-refractivity contribution in [2.24, 2.45) is 10.8 Å². The molecule has 1 N–H and O–H groups in total. The number of rotatable bonds is 3. The first-order valence-electron chi connectivity index (χ1n) is 8.81. The van der Waals surface area contributed by atoms with Crippen molar-refractivity contribution in [3.8, 4) is 5.95 Å². The van der Waals surface area contributed by atoms with Gasteiger partial charge in [-0.15, -0.1) is 0 Å². The molecule has 0 spiro atoms. The molecule has 0 unspecified atom stereocenters. The third kappa shape index (κ3) is 3.84. The van der Waals surface area contributed by atoms with Crippen molar-refractivity contribution >= 4 is 11.4 Å². The van der Waals surface area contributed by atoms with Crippen LogP contribution in [0.15, 0.2) is 24.5 Å². The molecule has 27 heavy (non-hydrogen) atoms. The SMILES string of the molecule is CNc1c(C2=CC(C)(C)CC(C)(C)C2)c(C(F)(F)F)nn1-c1ncccn1. The van der Waals surface area contributed by atoms with E-state index in [9.17, 15) is 13.2 Å². The Hall–Kier alpha value is -2.38. The third-order valence-corrected chi connectivity index (χ3v) is 4.62. The molecule has 8 heteroatoms. The fourth-order valence-electron chi connectivity index (χ4n) is 4.24. The molecule has 2 heterocycles. The molecule has 0 aromatic carbocycles. The van der Waals surface area contributed by atoms with Crippen LogP contribution >= 0.6 is 0 Å². The van der Waals surface area contributed by atoms with Gasteiger partial charge in [0.05, 0.1) is 5.56 Å². The maximum atomic E-state index is 13.9. The second-order valence-electron chi connectivity index (χ2n) is 8.46. The first-order chi connectivity index (χ1) is 12.4. The van der Waals surface area contributed by atoms with Crippen LogP contribution in [0.3, 0.4) is 0 Å². The van der Waals surface area contributed by atoms with Crippen LogP contribution in [0.5, 0.6) is 0 Å². The van der Waals surface area contributed by atoms with Gasteiger partial charge in [0, 0.05) is 19.4 Å². The zero-order chi connectivity index (χ0) is 20.0. The highest BCUT2D eigenvalue weighted by molar-refractivity contribution is 5.79. The number of halogens is 3. The molecule has 0 fully saturated rings. The fraction of sp³-hybridized carbons (Fsp3) is 0.526. The van der Waals surface area contributed by atoms with E-state index >= 15 is 0 Å². The van der Waals surface area contributed by atoms with Crippen LogP contribution in [0, 0.1) is 10.8 Å². The van der Waals surface area contributed by atoms with Gasteiger partial charge >= 0.3 is 6.18 Å². The lowest BCUT2D eigenvalue weighted by Crippen LogP contribution is -2.27. The minimum absolute atomic E-state index is 0.0818. The Morgan fingerprint density at radius 3 is 2.26 bits per heavy atom. The van der Waals surface area contributed by atoms with Crippen LogP contribution in [0.2, 0.25) is 0 Å². The molecule has 2 aromatic rings. The normalized spacial score (nSPS) is 18.9. The maximum Gasteiger partial charge on any atom is 0.435 e. The summed E-state index contributed by atoms with van der Waals surface area (Å²) in [5.41, 5.74) is -0.518. The molecule has 0 bridgehead atoms. The Balaban J connectivity index is 2.29. The van der Waals surface area contributed by atoms with Gasteiger partial charge in [0.1, 0.15) is 5.82 Å². The molecule has 0 aliphatic heterocycles. The summed E-state index contributed by atoms with van der Waals surface area (Å²) in [6, 6.07) is 1.60. The maximum absolute atomic E-state index is 13.9. The minimum Gasteiger partial charge on any atom is -0.372 e. The lowest BCUT2D eigenvalue weighted by atomic mass is 9.65. The molecule has 1 aliphatic carbocycles. The van der Waals surface area contributed by atoms with Crippen LogP contribution in [-0.4, -0.2) is 26.8 Å². The summed E-state index contributed by atoms with van der Waals surface area (Å²) in [6.07, 6.45) is 1.74. The molecule has 0 saturated heterocycles. The number of hydrogen-bond donors (Lipinski definition) is 1. The minimum atomic E-state index is -4.59. The molecule has 1 aliphatic rings. The number of anilines is 1. The Labute approximate surface area is 156 Å². The first-order valence-corrected chi connectivity index (χ1v) is 8.81. The van der Waals surface area contributed by atoms with E-state index < -0.39 is 11.9 Å². The number of allylic oxidation sites excluding steroid dienone is 2. The number of alkyl halides is 3. The second-order valence-corrected chi connectivity index (χ2v) is 8.46. The van der Waals surface area contributed by atoms with E-state index in [2.05, 4.69) is 34.2 Å². The average molecular weight is 379 g/mol. The first kappa shape index (κ1) is 19.4. The van der Waals surface area contributed by atoms with E-state index in [-0.39, 0.29) is 28.2 Å². The van der Waals surface area contributed by atoms with Gasteiger partial charge < -0.3 is 5.32 Å². The molecule has 2 aromatic heterocycles. The van der Waals surface area contributed by atoms with Crippen molar-refractivity contribution in [1.29, 1.82) is 0 Å². The smallest absolute Gasteiger partial charge is 0.372 e. The standard InChI is InChI=1S/C19H24F3N5/c1-17(2)9-12(10-18(3,4)11-17)13-14(19(20,21)22)26-27(15(13)23-5)16-24-7-6-8-25-16/h6-9,23H,10-11H2,1-5H3. The summed E-state index contributed by atoms with van der Waals surface area (Å²) >= 11 is 0. The summed E-state index contributed by atoms with van der Waals surface area (Å²) in [4.78, 5) is 8.12. The molecule has 0 amide bonds. The molecule has 146 valence electrons. The van der Waals surface area contributed by atoms with Crippen LogP contribution in [-0.2, 0) is 6.18 Å². The van der Waals surface area contributed by atoms with Gasteiger partial charge in [-0.1, -0.05) is 33.8 Å². The Kier molecular flexibility index (Phi) is 4.56.